The van der Waals surface area contributed by atoms with Crippen LogP contribution in [0.2, 0.25) is 5.02 Å². The number of aryl methyl sites for hydroxylation is 2. The second kappa shape index (κ2) is 6.29. The summed E-state index contributed by atoms with van der Waals surface area (Å²) in [7, 11) is 0. The Bertz CT molecular complexity index is 723. The van der Waals surface area contributed by atoms with Crippen molar-refractivity contribution < 1.29 is 4.92 Å². The highest BCUT2D eigenvalue weighted by Crippen LogP contribution is 2.31. The average Bonchev–Trinajstić information content (AvgIpc) is 2.87. The normalized spacial score (nSPS) is 15.1. The number of pyridine rings is 1. The molecule has 122 valence electrons. The van der Waals surface area contributed by atoms with Crippen LogP contribution in [0.3, 0.4) is 0 Å². The number of thiazole rings is 1. The van der Waals surface area contributed by atoms with E-state index < -0.39 is 4.92 Å². The maximum absolute atomic E-state index is 11.2. The molecule has 7 nitrogen and oxygen atoms in total. The molecule has 2 aromatic rings. The molecule has 3 rings (SSSR count). The molecule has 0 aliphatic carbocycles. The lowest BCUT2D eigenvalue weighted by atomic mass is 10.3. The lowest BCUT2D eigenvalue weighted by molar-refractivity contribution is -0.384. The van der Waals surface area contributed by atoms with E-state index in [0.29, 0.717) is 18.9 Å². The Morgan fingerprint density at radius 3 is 2.48 bits per heavy atom. The number of nitro groups is 1. The molecule has 0 aromatic carbocycles. The van der Waals surface area contributed by atoms with E-state index in [2.05, 4.69) is 21.8 Å². The van der Waals surface area contributed by atoms with E-state index in [1.54, 1.807) is 11.3 Å². The summed E-state index contributed by atoms with van der Waals surface area (Å²) in [5.74, 6) is 0.380. The molecule has 1 aliphatic heterocycles. The first kappa shape index (κ1) is 15.9. The van der Waals surface area contributed by atoms with Crippen molar-refractivity contribution in [3.63, 3.8) is 0 Å². The van der Waals surface area contributed by atoms with Gasteiger partial charge >= 0.3 is 5.69 Å². The molecule has 2 aromatic heterocycles. The van der Waals surface area contributed by atoms with Crippen molar-refractivity contribution in [2.75, 3.05) is 36.0 Å². The molecular formula is C14H16ClN5O2S. The Morgan fingerprint density at radius 2 is 1.91 bits per heavy atom. The van der Waals surface area contributed by atoms with Crippen molar-refractivity contribution >= 4 is 39.6 Å². The van der Waals surface area contributed by atoms with Crippen LogP contribution in [0.4, 0.5) is 16.6 Å². The monoisotopic (exact) mass is 353 g/mol. The highest BCUT2D eigenvalue weighted by atomic mass is 35.5. The summed E-state index contributed by atoms with van der Waals surface area (Å²) in [6.45, 7) is 6.91. The molecule has 0 atom stereocenters. The van der Waals surface area contributed by atoms with Gasteiger partial charge in [0.15, 0.2) is 5.13 Å². The van der Waals surface area contributed by atoms with E-state index in [1.807, 2.05) is 11.8 Å². The number of piperazine rings is 1. The van der Waals surface area contributed by atoms with E-state index in [1.165, 1.54) is 17.1 Å². The third kappa shape index (κ3) is 3.23. The van der Waals surface area contributed by atoms with Crippen LogP contribution in [0.1, 0.15) is 10.6 Å². The summed E-state index contributed by atoms with van der Waals surface area (Å²) in [4.78, 5) is 24.9. The van der Waals surface area contributed by atoms with Gasteiger partial charge in [-0.3, -0.25) is 10.1 Å². The number of rotatable bonds is 3. The van der Waals surface area contributed by atoms with Crippen molar-refractivity contribution in [2.45, 2.75) is 13.8 Å². The molecule has 23 heavy (non-hydrogen) atoms. The van der Waals surface area contributed by atoms with Crippen LogP contribution in [-0.2, 0) is 0 Å². The summed E-state index contributed by atoms with van der Waals surface area (Å²) in [6.07, 6.45) is 1.45. The first-order valence-corrected chi connectivity index (χ1v) is 8.39. The summed E-state index contributed by atoms with van der Waals surface area (Å²) in [5, 5.41) is 12.5. The Hall–Kier alpha value is -1.93. The van der Waals surface area contributed by atoms with E-state index in [0.717, 1.165) is 23.9 Å². The Morgan fingerprint density at radius 1 is 1.26 bits per heavy atom. The largest absolute Gasteiger partial charge is 0.347 e. The van der Waals surface area contributed by atoms with Crippen molar-refractivity contribution in [3.05, 3.63) is 38.0 Å². The van der Waals surface area contributed by atoms with E-state index in [-0.39, 0.29) is 10.7 Å². The van der Waals surface area contributed by atoms with Gasteiger partial charge in [-0.25, -0.2) is 9.97 Å². The predicted octanol–water partition coefficient (Wildman–Crippen LogP) is 3.04. The fourth-order valence-corrected chi connectivity index (χ4v) is 3.61. The molecule has 9 heteroatoms. The van der Waals surface area contributed by atoms with E-state index >= 15 is 0 Å². The first-order valence-electron chi connectivity index (χ1n) is 7.19. The number of anilines is 2. The zero-order valence-electron chi connectivity index (χ0n) is 12.8. The zero-order valence-corrected chi connectivity index (χ0v) is 14.4. The molecule has 0 N–H and O–H groups in total. The Kier molecular flexibility index (Phi) is 4.36. The molecule has 1 aliphatic rings. The quantitative estimate of drug-likeness (QED) is 0.623. The zero-order chi connectivity index (χ0) is 16.6. The second-order valence-electron chi connectivity index (χ2n) is 5.37. The van der Waals surface area contributed by atoms with E-state index in [4.69, 9.17) is 11.6 Å². The van der Waals surface area contributed by atoms with Crippen molar-refractivity contribution in [1.82, 2.24) is 9.97 Å². The minimum atomic E-state index is -0.436. The summed E-state index contributed by atoms with van der Waals surface area (Å²) < 4.78 is 0. The molecular weight excluding hydrogens is 338 g/mol. The molecule has 1 saturated heterocycles. The van der Waals surface area contributed by atoms with Gasteiger partial charge in [-0.05, 0) is 13.8 Å². The molecule has 0 unspecified atom stereocenters. The van der Waals surface area contributed by atoms with Crippen molar-refractivity contribution in [1.29, 1.82) is 0 Å². The van der Waals surface area contributed by atoms with Crippen LogP contribution < -0.4 is 9.80 Å². The maximum atomic E-state index is 11.2. The first-order chi connectivity index (χ1) is 11.0. The van der Waals surface area contributed by atoms with Gasteiger partial charge in [0.1, 0.15) is 0 Å². The summed E-state index contributed by atoms with van der Waals surface area (Å²) in [5.41, 5.74) is 1.01. The molecule has 0 radical (unpaired) electrons. The standard InChI is InChI=1S/C14H16ClN5O2S/c1-9-10(2)23-14(17-9)19-5-3-18(4-6-19)13-12(20(21)22)7-11(15)8-16-13/h7-8H,3-6H2,1-2H3. The van der Waals surface area contributed by atoms with Gasteiger partial charge in [0.05, 0.1) is 15.6 Å². The third-order valence-corrected chi connectivity index (χ3v) is 5.22. The Labute approximate surface area is 142 Å². The van der Waals surface area contributed by atoms with Crippen LogP contribution in [0.5, 0.6) is 0 Å². The number of aromatic nitrogens is 2. The summed E-state index contributed by atoms with van der Waals surface area (Å²) in [6, 6.07) is 1.35. The van der Waals surface area contributed by atoms with Gasteiger partial charge in [-0.15, -0.1) is 11.3 Å². The number of nitrogens with zero attached hydrogens (tertiary/aromatic N) is 5. The van der Waals surface area contributed by atoms with Crippen LogP contribution >= 0.6 is 22.9 Å². The van der Waals surface area contributed by atoms with Gasteiger partial charge in [-0.1, -0.05) is 11.6 Å². The lowest BCUT2D eigenvalue weighted by Gasteiger charge is -2.34. The lowest BCUT2D eigenvalue weighted by Crippen LogP contribution is -2.47. The van der Waals surface area contributed by atoms with E-state index in [9.17, 15) is 10.1 Å². The number of hydrogen-bond acceptors (Lipinski definition) is 7. The number of hydrogen-bond donors (Lipinski definition) is 0. The van der Waals surface area contributed by atoms with Gasteiger partial charge in [0, 0.05) is 43.3 Å². The summed E-state index contributed by atoms with van der Waals surface area (Å²) >= 11 is 7.50. The second-order valence-corrected chi connectivity index (χ2v) is 6.98. The van der Waals surface area contributed by atoms with Crippen molar-refractivity contribution in [2.24, 2.45) is 0 Å². The van der Waals surface area contributed by atoms with Crippen LogP contribution in [-0.4, -0.2) is 41.1 Å². The Balaban J connectivity index is 1.75. The molecule has 0 bridgehead atoms. The molecule has 1 fully saturated rings. The predicted molar refractivity (Wildman–Crippen MR) is 91.9 cm³/mol. The van der Waals surface area contributed by atoms with Gasteiger partial charge in [0.25, 0.3) is 0 Å². The molecule has 0 spiro atoms. The van der Waals surface area contributed by atoms with Gasteiger partial charge < -0.3 is 9.80 Å². The SMILES string of the molecule is Cc1nc(N2CCN(c3ncc(Cl)cc3[N+](=O)[O-])CC2)sc1C. The minimum Gasteiger partial charge on any atom is -0.347 e. The van der Waals surface area contributed by atoms with Crippen molar-refractivity contribution in [3.8, 4) is 0 Å². The van der Waals surface area contributed by atoms with Gasteiger partial charge in [0.2, 0.25) is 5.82 Å². The minimum absolute atomic E-state index is 0.0492. The highest BCUT2D eigenvalue weighted by Gasteiger charge is 2.26. The maximum Gasteiger partial charge on any atom is 0.313 e. The number of halogens is 1. The molecule has 3 heterocycles. The average molecular weight is 354 g/mol. The molecule has 0 amide bonds. The topological polar surface area (TPSA) is 75.4 Å². The van der Waals surface area contributed by atoms with Crippen LogP contribution in [0, 0.1) is 24.0 Å². The third-order valence-electron chi connectivity index (χ3n) is 3.88. The van der Waals surface area contributed by atoms with Crippen LogP contribution in [0.15, 0.2) is 12.3 Å². The fraction of sp³-hybridized carbons (Fsp3) is 0.429. The molecule has 0 saturated carbocycles. The fourth-order valence-electron chi connectivity index (χ4n) is 2.50. The smallest absolute Gasteiger partial charge is 0.313 e. The highest BCUT2D eigenvalue weighted by molar-refractivity contribution is 7.15. The van der Waals surface area contributed by atoms with Gasteiger partial charge in [-0.2, -0.15) is 0 Å². The van der Waals surface area contributed by atoms with Crippen LogP contribution in [0.25, 0.3) is 0 Å².